The number of halogens is 1. The summed E-state index contributed by atoms with van der Waals surface area (Å²) in [6, 6.07) is 9.62. The van der Waals surface area contributed by atoms with Crippen molar-refractivity contribution in [2.75, 3.05) is 12.4 Å². The Morgan fingerprint density at radius 2 is 1.89 bits per heavy atom. The van der Waals surface area contributed by atoms with Crippen LogP contribution in [0.2, 0.25) is 0 Å². The highest BCUT2D eigenvalue weighted by Gasteiger charge is 2.17. The molecule has 4 aromatic rings. The lowest BCUT2D eigenvalue weighted by atomic mass is 10.1. The molecule has 0 bridgehead atoms. The van der Waals surface area contributed by atoms with Gasteiger partial charge in [0, 0.05) is 36.5 Å². The zero-order valence-electron chi connectivity index (χ0n) is 20.8. The fourth-order valence-corrected chi connectivity index (χ4v) is 3.71. The number of nitrogens with one attached hydrogen (secondary N) is 2. The van der Waals surface area contributed by atoms with Crippen molar-refractivity contribution in [3.63, 3.8) is 0 Å². The molecule has 8 nitrogen and oxygen atoms in total. The van der Waals surface area contributed by atoms with Crippen molar-refractivity contribution >= 4 is 28.4 Å². The van der Waals surface area contributed by atoms with E-state index in [0.717, 1.165) is 0 Å². The quantitative estimate of drug-likeness (QED) is 0.399. The fraction of sp³-hybridized carbons (Fsp3) is 0.259. The lowest BCUT2D eigenvalue weighted by Gasteiger charge is -2.18. The number of fused-ring (bicyclic) bond motifs is 1. The summed E-state index contributed by atoms with van der Waals surface area (Å²) in [5.41, 5.74) is 2.34. The third-order valence-electron chi connectivity index (χ3n) is 5.66. The minimum Gasteiger partial charge on any atom is -0.456 e. The zero-order valence-corrected chi connectivity index (χ0v) is 20.8. The number of aryl methyl sites for hydroxylation is 1. The Labute approximate surface area is 208 Å². The van der Waals surface area contributed by atoms with E-state index in [1.807, 2.05) is 20.8 Å². The van der Waals surface area contributed by atoms with Gasteiger partial charge in [-0.15, -0.1) is 0 Å². The Hall–Kier alpha value is -4.27. The second-order valence-electron chi connectivity index (χ2n) is 9.50. The molecule has 4 rings (SSSR count). The average molecular weight is 490 g/mol. The van der Waals surface area contributed by atoms with Gasteiger partial charge in [0.2, 0.25) is 5.91 Å². The number of pyridine rings is 1. The van der Waals surface area contributed by atoms with Crippen LogP contribution in [0.4, 0.5) is 10.1 Å². The molecule has 186 valence electrons. The van der Waals surface area contributed by atoms with Gasteiger partial charge in [-0.1, -0.05) is 0 Å². The Kier molecular flexibility index (Phi) is 6.74. The topological polar surface area (TPSA) is 98.1 Å². The van der Waals surface area contributed by atoms with Gasteiger partial charge >= 0.3 is 0 Å². The molecule has 0 aliphatic rings. The fourth-order valence-electron chi connectivity index (χ4n) is 3.71. The number of hydrogen-bond donors (Lipinski definition) is 2. The molecule has 0 unspecified atom stereocenters. The van der Waals surface area contributed by atoms with E-state index in [1.54, 1.807) is 67.6 Å². The third-order valence-corrected chi connectivity index (χ3v) is 5.66. The monoisotopic (exact) mass is 489 g/mol. The Bertz CT molecular complexity index is 1460. The molecule has 2 aromatic carbocycles. The van der Waals surface area contributed by atoms with Crippen LogP contribution in [0.3, 0.4) is 0 Å². The number of benzene rings is 2. The number of rotatable bonds is 6. The molecular weight excluding hydrogens is 461 g/mol. The third kappa shape index (κ3) is 5.35. The summed E-state index contributed by atoms with van der Waals surface area (Å²) in [5.74, 6) is -0.393. The highest BCUT2D eigenvalue weighted by molar-refractivity contribution is 5.99. The summed E-state index contributed by atoms with van der Waals surface area (Å²) in [6.07, 6.45) is 4.76. The first-order valence-corrected chi connectivity index (χ1v) is 11.5. The summed E-state index contributed by atoms with van der Waals surface area (Å²) >= 11 is 0. The van der Waals surface area contributed by atoms with Crippen LogP contribution in [-0.4, -0.2) is 33.6 Å². The van der Waals surface area contributed by atoms with Gasteiger partial charge < -0.3 is 15.4 Å². The van der Waals surface area contributed by atoms with Crippen LogP contribution in [0.1, 0.15) is 42.3 Å². The molecular formula is C27H28FN5O3. The van der Waals surface area contributed by atoms with Crippen molar-refractivity contribution < 1.29 is 18.7 Å². The zero-order chi connectivity index (χ0) is 26.0. The minimum atomic E-state index is -0.555. The number of carbonyl (C=O) groups is 2. The number of nitrogens with zero attached hydrogens (tertiary/aromatic N) is 3. The summed E-state index contributed by atoms with van der Waals surface area (Å²) in [7, 11) is 1.56. The maximum Gasteiger partial charge on any atom is 0.251 e. The first kappa shape index (κ1) is 24.8. The van der Waals surface area contributed by atoms with Gasteiger partial charge in [-0.2, -0.15) is 5.10 Å². The summed E-state index contributed by atoms with van der Waals surface area (Å²) in [5, 5.41) is 10.2. The van der Waals surface area contributed by atoms with Gasteiger partial charge in [0.25, 0.3) is 5.91 Å². The van der Waals surface area contributed by atoms with E-state index in [2.05, 4.69) is 20.7 Å². The average Bonchev–Trinajstić information content (AvgIpc) is 3.30. The van der Waals surface area contributed by atoms with Crippen molar-refractivity contribution in [1.29, 1.82) is 0 Å². The number of aromatic nitrogens is 3. The van der Waals surface area contributed by atoms with Gasteiger partial charge in [0.15, 0.2) is 0 Å². The van der Waals surface area contributed by atoms with Crippen molar-refractivity contribution in [2.24, 2.45) is 0 Å². The minimum absolute atomic E-state index is 0.138. The molecule has 0 saturated carbocycles. The van der Waals surface area contributed by atoms with Gasteiger partial charge in [-0.05, 0) is 69.2 Å². The summed E-state index contributed by atoms with van der Waals surface area (Å²) < 4.78 is 22.8. The number of carbonyl (C=O) groups excluding carboxylic acids is 2. The summed E-state index contributed by atoms with van der Waals surface area (Å²) in [4.78, 5) is 28.9. The molecule has 2 N–H and O–H groups in total. The molecule has 0 aliphatic heterocycles. The van der Waals surface area contributed by atoms with Gasteiger partial charge in [-0.25, -0.2) is 4.39 Å². The molecule has 2 heterocycles. The van der Waals surface area contributed by atoms with Crippen molar-refractivity contribution in [3.8, 4) is 11.5 Å². The van der Waals surface area contributed by atoms with Gasteiger partial charge in [-0.3, -0.25) is 19.3 Å². The van der Waals surface area contributed by atoms with Crippen LogP contribution >= 0.6 is 0 Å². The van der Waals surface area contributed by atoms with Crippen LogP contribution < -0.4 is 15.4 Å². The van der Waals surface area contributed by atoms with Crippen LogP contribution in [0.25, 0.3) is 10.9 Å². The molecule has 0 atom stereocenters. The van der Waals surface area contributed by atoms with Crippen LogP contribution in [0, 0.1) is 12.7 Å². The van der Waals surface area contributed by atoms with E-state index in [1.165, 1.54) is 6.07 Å². The molecule has 0 radical (unpaired) electrons. The highest BCUT2D eigenvalue weighted by atomic mass is 19.1. The van der Waals surface area contributed by atoms with Crippen LogP contribution in [-0.2, 0) is 16.8 Å². The van der Waals surface area contributed by atoms with E-state index < -0.39 is 5.82 Å². The number of ether oxygens (including phenoxy) is 1. The lowest BCUT2D eigenvalue weighted by Crippen LogP contribution is -2.22. The summed E-state index contributed by atoms with van der Waals surface area (Å²) in [6.45, 7) is 7.79. The largest absolute Gasteiger partial charge is 0.456 e. The lowest BCUT2D eigenvalue weighted by molar-refractivity contribution is -0.115. The SMILES string of the molecule is CNC(=O)c1ccc2nccc(Oc3cc(F)c(CC(=O)Nc4cnn(C(C)(C)C)c4)cc3C)c2c1. The molecule has 0 fully saturated rings. The van der Waals surface area contributed by atoms with E-state index in [4.69, 9.17) is 4.74 Å². The Morgan fingerprint density at radius 3 is 2.58 bits per heavy atom. The molecule has 0 saturated heterocycles. The number of amides is 2. The van der Waals surface area contributed by atoms with Crippen LogP contribution in [0.5, 0.6) is 11.5 Å². The second kappa shape index (κ2) is 9.77. The van der Waals surface area contributed by atoms with E-state index in [9.17, 15) is 14.0 Å². The molecule has 0 aliphatic carbocycles. The standard InChI is InChI=1S/C27H28FN5O3/c1-16-10-18(12-25(34)32-19-14-31-33(15-19)27(2,3)4)21(28)13-24(16)36-23-8-9-30-22-7-6-17(11-20(22)23)26(35)29-5/h6-11,13-15H,12H2,1-5H3,(H,29,35)(H,32,34). The first-order valence-electron chi connectivity index (χ1n) is 11.5. The highest BCUT2D eigenvalue weighted by Crippen LogP contribution is 2.32. The molecule has 36 heavy (non-hydrogen) atoms. The van der Waals surface area contributed by atoms with E-state index >= 15 is 0 Å². The molecule has 2 aromatic heterocycles. The Balaban J connectivity index is 1.53. The van der Waals surface area contributed by atoms with Crippen molar-refractivity contribution in [3.05, 3.63) is 77.5 Å². The number of hydrogen-bond acceptors (Lipinski definition) is 5. The second-order valence-corrected chi connectivity index (χ2v) is 9.50. The van der Waals surface area contributed by atoms with E-state index in [0.29, 0.717) is 39.2 Å². The predicted molar refractivity (Wildman–Crippen MR) is 136 cm³/mol. The van der Waals surface area contributed by atoms with Crippen LogP contribution in [0.15, 0.2) is 55.0 Å². The van der Waals surface area contributed by atoms with Crippen molar-refractivity contribution in [2.45, 2.75) is 39.7 Å². The van der Waals surface area contributed by atoms with Gasteiger partial charge in [0.05, 0.1) is 29.4 Å². The van der Waals surface area contributed by atoms with E-state index in [-0.39, 0.29) is 29.3 Å². The maximum absolute atomic E-state index is 15.0. The van der Waals surface area contributed by atoms with Gasteiger partial charge in [0.1, 0.15) is 17.3 Å². The molecule has 9 heteroatoms. The number of anilines is 1. The predicted octanol–water partition coefficient (Wildman–Crippen LogP) is 4.97. The molecule has 0 spiro atoms. The first-order chi connectivity index (χ1) is 17.0. The maximum atomic E-state index is 15.0. The molecule has 2 amide bonds. The Morgan fingerprint density at radius 1 is 1.11 bits per heavy atom. The van der Waals surface area contributed by atoms with Crippen molar-refractivity contribution in [1.82, 2.24) is 20.1 Å². The normalized spacial score (nSPS) is 11.4. The smallest absolute Gasteiger partial charge is 0.251 e.